The van der Waals surface area contributed by atoms with Crippen molar-refractivity contribution in [3.8, 4) is 17.6 Å². The third-order valence-corrected chi connectivity index (χ3v) is 9.37. The van der Waals surface area contributed by atoms with E-state index in [4.69, 9.17) is 4.74 Å². The first-order valence-electron chi connectivity index (χ1n) is 16.1. The summed E-state index contributed by atoms with van der Waals surface area (Å²) in [5.41, 5.74) is 2.38. The number of esters is 1. The van der Waals surface area contributed by atoms with Crippen molar-refractivity contribution in [3.63, 3.8) is 0 Å². The van der Waals surface area contributed by atoms with Gasteiger partial charge in [0.2, 0.25) is 5.91 Å². The molecule has 0 unspecified atom stereocenters. The number of aliphatic hydroxyl groups is 1. The van der Waals surface area contributed by atoms with Crippen LogP contribution in [0.25, 0.3) is 0 Å². The van der Waals surface area contributed by atoms with Crippen LogP contribution < -0.4 is 10.1 Å². The van der Waals surface area contributed by atoms with Crippen LogP contribution >= 0.6 is 0 Å². The Balaban J connectivity index is 1.78. The Bertz CT molecular complexity index is 1050. The molecule has 0 saturated carbocycles. The van der Waals surface area contributed by atoms with E-state index in [1.807, 2.05) is 12.1 Å². The Hall–Kier alpha value is -2.32. The summed E-state index contributed by atoms with van der Waals surface area (Å²) in [5.74, 6) is 6.67. The second-order valence-electron chi connectivity index (χ2n) is 12.5. The number of amides is 1. The predicted octanol–water partition coefficient (Wildman–Crippen LogP) is 7.56. The van der Waals surface area contributed by atoms with E-state index in [-0.39, 0.29) is 42.3 Å². The maximum Gasteiger partial charge on any atom is 0.311 e. The molecule has 1 heterocycles. The Morgan fingerprint density at radius 2 is 1.62 bits per heavy atom. The second kappa shape index (κ2) is 15.6. The first-order valence-corrected chi connectivity index (χ1v) is 16.1. The predicted molar refractivity (Wildman–Crippen MR) is 162 cm³/mol. The Kier molecular flexibility index (Phi) is 12.6. The van der Waals surface area contributed by atoms with Crippen molar-refractivity contribution < 1.29 is 19.4 Å². The monoisotopic (exact) mass is 551 g/mol. The van der Waals surface area contributed by atoms with E-state index in [1.165, 1.54) is 38.5 Å². The number of carbonyl (C=O) groups excluding carboxylic acids is 2. The van der Waals surface area contributed by atoms with E-state index in [9.17, 15) is 14.7 Å². The number of unbranched alkanes of at least 4 members (excludes halogenated alkanes) is 11. The highest BCUT2D eigenvalue weighted by molar-refractivity contribution is 5.87. The minimum Gasteiger partial charge on any atom is -0.425 e. The van der Waals surface area contributed by atoms with Crippen LogP contribution in [0.1, 0.15) is 147 Å². The van der Waals surface area contributed by atoms with Gasteiger partial charge in [0.1, 0.15) is 5.75 Å². The van der Waals surface area contributed by atoms with Crippen LogP contribution in [-0.2, 0) is 15.0 Å². The van der Waals surface area contributed by atoms with E-state index in [0.29, 0.717) is 17.7 Å². The Labute approximate surface area is 243 Å². The van der Waals surface area contributed by atoms with Crippen molar-refractivity contribution in [2.75, 3.05) is 6.61 Å². The van der Waals surface area contributed by atoms with Gasteiger partial charge in [-0.1, -0.05) is 111 Å². The third-order valence-electron chi connectivity index (χ3n) is 9.37. The van der Waals surface area contributed by atoms with Gasteiger partial charge in [0.05, 0.1) is 24.1 Å². The fraction of sp³-hybridized carbons (Fsp3) is 0.714. The number of hydrogen-bond acceptors (Lipinski definition) is 4. The quantitative estimate of drug-likeness (QED) is 0.0962. The van der Waals surface area contributed by atoms with Crippen LogP contribution in [0.4, 0.5) is 0 Å². The molecule has 2 N–H and O–H groups in total. The zero-order valence-corrected chi connectivity index (χ0v) is 25.7. The largest absolute Gasteiger partial charge is 0.425 e. The van der Waals surface area contributed by atoms with Gasteiger partial charge < -0.3 is 15.2 Å². The Morgan fingerprint density at radius 3 is 2.25 bits per heavy atom. The number of hydrogen-bond donors (Lipinski definition) is 2. The van der Waals surface area contributed by atoms with Crippen molar-refractivity contribution in [2.24, 2.45) is 11.8 Å². The topological polar surface area (TPSA) is 75.6 Å². The third kappa shape index (κ3) is 7.49. The number of aliphatic hydroxyl groups excluding tert-OH is 1. The summed E-state index contributed by atoms with van der Waals surface area (Å²) in [4.78, 5) is 26.1. The zero-order valence-electron chi connectivity index (χ0n) is 25.7. The van der Waals surface area contributed by atoms with Gasteiger partial charge in [0.15, 0.2) is 0 Å². The SMILES string of the molecule is CCCCCC#Cc1cc2c(cc1OC(=O)CCCCCCCCCCC)[C@](C)(C(C)C)[C@H]1C(=O)N[C@H](CO)[C@@H]21. The van der Waals surface area contributed by atoms with Crippen LogP contribution in [0.2, 0.25) is 0 Å². The van der Waals surface area contributed by atoms with E-state index in [2.05, 4.69) is 51.8 Å². The van der Waals surface area contributed by atoms with E-state index < -0.39 is 5.41 Å². The van der Waals surface area contributed by atoms with Gasteiger partial charge in [-0.3, -0.25) is 9.59 Å². The lowest BCUT2D eigenvalue weighted by molar-refractivity contribution is -0.134. The van der Waals surface area contributed by atoms with Crippen molar-refractivity contribution in [1.82, 2.24) is 5.32 Å². The van der Waals surface area contributed by atoms with Gasteiger partial charge in [0.25, 0.3) is 0 Å². The van der Waals surface area contributed by atoms with Gasteiger partial charge in [0, 0.05) is 24.2 Å². The summed E-state index contributed by atoms with van der Waals surface area (Å²) >= 11 is 0. The molecule has 1 aliphatic carbocycles. The highest BCUT2D eigenvalue weighted by Gasteiger charge is 2.60. The normalized spacial score (nSPS) is 23.0. The van der Waals surface area contributed by atoms with Crippen molar-refractivity contribution in [3.05, 3.63) is 28.8 Å². The number of fused-ring (bicyclic) bond motifs is 3. The van der Waals surface area contributed by atoms with Gasteiger partial charge in [-0.15, -0.1) is 0 Å². The van der Waals surface area contributed by atoms with Gasteiger partial charge >= 0.3 is 5.97 Å². The molecule has 1 aromatic rings. The molecule has 222 valence electrons. The average molecular weight is 552 g/mol. The van der Waals surface area contributed by atoms with Crippen LogP contribution in [0, 0.1) is 23.7 Å². The molecule has 0 spiro atoms. The number of carbonyl (C=O) groups is 2. The Morgan fingerprint density at radius 1 is 1.00 bits per heavy atom. The van der Waals surface area contributed by atoms with Crippen LogP contribution in [0.15, 0.2) is 12.1 Å². The summed E-state index contributed by atoms with van der Waals surface area (Å²) in [6, 6.07) is 3.71. The average Bonchev–Trinajstić information content (AvgIpc) is 3.40. The molecule has 1 fully saturated rings. The molecule has 1 amide bonds. The molecule has 0 radical (unpaired) electrons. The summed E-state index contributed by atoms with van der Waals surface area (Å²) < 4.78 is 6.00. The van der Waals surface area contributed by atoms with Crippen molar-refractivity contribution in [1.29, 1.82) is 0 Å². The molecule has 1 aromatic carbocycles. The van der Waals surface area contributed by atoms with Crippen molar-refractivity contribution >= 4 is 11.9 Å². The van der Waals surface area contributed by atoms with Crippen molar-refractivity contribution in [2.45, 2.75) is 142 Å². The van der Waals surface area contributed by atoms with E-state index in [1.54, 1.807) is 0 Å². The van der Waals surface area contributed by atoms with Gasteiger partial charge in [-0.05, 0) is 42.0 Å². The first-order chi connectivity index (χ1) is 19.3. The van der Waals surface area contributed by atoms with Crippen LogP contribution in [0.3, 0.4) is 0 Å². The van der Waals surface area contributed by atoms with Gasteiger partial charge in [-0.2, -0.15) is 0 Å². The molecule has 1 saturated heterocycles. The maximum atomic E-state index is 13.2. The molecule has 5 nitrogen and oxygen atoms in total. The fourth-order valence-corrected chi connectivity index (χ4v) is 6.69. The lowest BCUT2D eigenvalue weighted by atomic mass is 9.67. The number of rotatable bonds is 16. The summed E-state index contributed by atoms with van der Waals surface area (Å²) in [6.07, 6.45) is 15.3. The molecular formula is C35H53NO4. The van der Waals surface area contributed by atoms with E-state index >= 15 is 0 Å². The molecule has 4 atom stereocenters. The number of ether oxygens (including phenoxy) is 1. The molecule has 5 heteroatoms. The molecule has 1 aliphatic heterocycles. The van der Waals surface area contributed by atoms with E-state index in [0.717, 1.165) is 56.1 Å². The molecule has 3 rings (SSSR count). The van der Waals surface area contributed by atoms with Crippen LogP contribution in [0.5, 0.6) is 5.75 Å². The highest BCUT2D eigenvalue weighted by atomic mass is 16.5. The minimum atomic E-state index is -0.431. The molecular weight excluding hydrogens is 498 g/mol. The zero-order chi connectivity index (χ0) is 29.1. The summed E-state index contributed by atoms with van der Waals surface area (Å²) in [7, 11) is 0. The number of benzene rings is 1. The smallest absolute Gasteiger partial charge is 0.311 e. The number of nitrogens with one attached hydrogen (secondary N) is 1. The standard InChI is InChI=1S/C35H53NO4/c1-6-8-10-12-13-14-15-17-19-21-31(38)40-30-23-28-27(22-26(30)20-18-16-11-9-7-2)32-29(24-37)36-34(39)33(32)35(28,5)25(3)4/h22-23,25,29,32-33,37H,6-17,19,21,24H2,1-5H3,(H,36,39)/t29-,32-,33-,35+/m1/s1. The highest BCUT2D eigenvalue weighted by Crippen LogP contribution is 2.58. The second-order valence-corrected chi connectivity index (χ2v) is 12.5. The van der Waals surface area contributed by atoms with Crippen LogP contribution in [-0.4, -0.2) is 29.6 Å². The summed E-state index contributed by atoms with van der Waals surface area (Å²) in [6.45, 7) is 10.7. The maximum absolute atomic E-state index is 13.2. The first kappa shape index (κ1) is 32.2. The molecule has 0 aromatic heterocycles. The molecule has 0 bridgehead atoms. The van der Waals surface area contributed by atoms with Gasteiger partial charge in [-0.25, -0.2) is 0 Å². The fourth-order valence-electron chi connectivity index (χ4n) is 6.69. The lowest BCUT2D eigenvalue weighted by Crippen LogP contribution is -2.39. The molecule has 2 aliphatic rings. The summed E-state index contributed by atoms with van der Waals surface area (Å²) in [5, 5.41) is 13.1. The minimum absolute atomic E-state index is 0.00689. The lowest BCUT2D eigenvalue weighted by Gasteiger charge is -2.35. The molecule has 40 heavy (non-hydrogen) atoms.